The van der Waals surface area contributed by atoms with Gasteiger partial charge in [0.15, 0.2) is 11.4 Å². The third kappa shape index (κ3) is 2.37. The first-order valence-electron chi connectivity index (χ1n) is 9.74. The van der Waals surface area contributed by atoms with Crippen molar-refractivity contribution in [3.63, 3.8) is 0 Å². The Kier molecular flexibility index (Phi) is 3.59. The second-order valence-electron chi connectivity index (χ2n) is 7.39. The van der Waals surface area contributed by atoms with E-state index in [2.05, 4.69) is 24.7 Å². The van der Waals surface area contributed by atoms with Crippen LogP contribution in [0.2, 0.25) is 0 Å². The van der Waals surface area contributed by atoms with Gasteiger partial charge in [-0.3, -0.25) is 4.40 Å². The van der Waals surface area contributed by atoms with Gasteiger partial charge in [0, 0.05) is 10.8 Å². The van der Waals surface area contributed by atoms with Gasteiger partial charge in [0.05, 0.1) is 27.2 Å². The minimum absolute atomic E-state index is 0.363. The van der Waals surface area contributed by atoms with Crippen molar-refractivity contribution < 1.29 is 4.42 Å². The molecule has 7 aromatic rings. The molecule has 32 heavy (non-hydrogen) atoms. The molecule has 0 atom stereocenters. The number of halogens is 1. The Bertz CT molecular complexity index is 1940. The zero-order valence-electron chi connectivity index (χ0n) is 16.1. The Morgan fingerprint density at radius 1 is 0.906 bits per heavy atom. The van der Waals surface area contributed by atoms with Gasteiger partial charge < -0.3 is 4.42 Å². The normalized spacial score (nSPS) is 12.0. The van der Waals surface area contributed by atoms with Gasteiger partial charge in [-0.2, -0.15) is 8.75 Å². The van der Waals surface area contributed by atoms with Crippen LogP contribution in [0.25, 0.3) is 61.0 Å². The number of imidazole rings is 1. The molecule has 0 bridgehead atoms. The quantitative estimate of drug-likeness (QED) is 0.274. The largest absolute Gasteiger partial charge is 0.421 e. The Morgan fingerprint density at radius 3 is 2.75 bits per heavy atom. The summed E-state index contributed by atoms with van der Waals surface area (Å²) in [7, 11) is 0. The van der Waals surface area contributed by atoms with Crippen LogP contribution in [0.5, 0.6) is 0 Å². The van der Waals surface area contributed by atoms with Crippen LogP contribution in [0.3, 0.4) is 0 Å². The molecule has 0 unspecified atom stereocenters. The van der Waals surface area contributed by atoms with Crippen LogP contribution in [-0.2, 0) is 0 Å². The molecule has 4 heterocycles. The molecular weight excluding hydrogens is 490 g/mol. The fourth-order valence-corrected chi connectivity index (χ4v) is 5.15. The molecule has 7 rings (SSSR count). The lowest BCUT2D eigenvalue weighted by atomic mass is 10.1. The average Bonchev–Trinajstić information content (AvgIpc) is 3.43. The summed E-state index contributed by atoms with van der Waals surface area (Å²) in [6, 6.07) is 19.1. The van der Waals surface area contributed by atoms with Gasteiger partial charge >= 0.3 is 5.63 Å². The SMILES string of the molecule is O=c1oc2c(Br)cccc2cc1-c1nc2ccccc2c2nc3c4nsnc4ccc3n12. The van der Waals surface area contributed by atoms with Crippen molar-refractivity contribution in [3.8, 4) is 11.4 Å². The molecule has 0 radical (unpaired) electrons. The van der Waals surface area contributed by atoms with E-state index in [1.54, 1.807) is 0 Å². The summed E-state index contributed by atoms with van der Waals surface area (Å²) in [5, 5.41) is 1.68. The van der Waals surface area contributed by atoms with E-state index in [0.29, 0.717) is 22.6 Å². The second kappa shape index (κ2) is 6.41. The third-order valence-electron chi connectivity index (χ3n) is 5.59. The van der Waals surface area contributed by atoms with Crippen LogP contribution in [0.4, 0.5) is 0 Å². The Morgan fingerprint density at radius 2 is 1.81 bits per heavy atom. The first-order chi connectivity index (χ1) is 15.7. The van der Waals surface area contributed by atoms with Crippen LogP contribution < -0.4 is 5.63 Å². The summed E-state index contributed by atoms with van der Waals surface area (Å²) >= 11 is 4.61. The molecule has 0 saturated heterocycles. The van der Waals surface area contributed by atoms with Gasteiger partial charge in [-0.1, -0.05) is 24.3 Å². The third-order valence-corrected chi connectivity index (χ3v) is 6.75. The van der Waals surface area contributed by atoms with E-state index in [-0.39, 0.29) is 0 Å². The molecule has 0 saturated carbocycles. The molecule has 4 aromatic heterocycles. The Labute approximate surface area is 191 Å². The zero-order chi connectivity index (χ0) is 21.4. The summed E-state index contributed by atoms with van der Waals surface area (Å²) in [4.78, 5) is 22.9. The molecule has 0 amide bonds. The van der Waals surface area contributed by atoms with Crippen LogP contribution in [0, 0.1) is 0 Å². The van der Waals surface area contributed by atoms with Gasteiger partial charge in [0.1, 0.15) is 27.8 Å². The van der Waals surface area contributed by atoms with Crippen molar-refractivity contribution in [2.75, 3.05) is 0 Å². The minimum Gasteiger partial charge on any atom is -0.421 e. The lowest BCUT2D eigenvalue weighted by molar-refractivity contribution is 0.561. The van der Waals surface area contributed by atoms with E-state index in [1.165, 1.54) is 0 Å². The molecule has 0 N–H and O–H groups in total. The number of benzene rings is 3. The van der Waals surface area contributed by atoms with Crippen LogP contribution >= 0.6 is 27.7 Å². The number of para-hydroxylation sites is 2. The van der Waals surface area contributed by atoms with E-state index >= 15 is 0 Å². The number of fused-ring (bicyclic) bond motifs is 8. The van der Waals surface area contributed by atoms with Crippen LogP contribution in [-0.4, -0.2) is 23.1 Å². The van der Waals surface area contributed by atoms with E-state index in [0.717, 1.165) is 54.6 Å². The summed E-state index contributed by atoms with van der Waals surface area (Å²) in [5.74, 6) is 0.472. The average molecular weight is 500 g/mol. The lowest BCUT2D eigenvalue weighted by Crippen LogP contribution is -2.08. The van der Waals surface area contributed by atoms with Gasteiger partial charge in [0.2, 0.25) is 0 Å². The van der Waals surface area contributed by atoms with Crippen molar-refractivity contribution in [1.29, 1.82) is 0 Å². The fourth-order valence-electron chi connectivity index (χ4n) is 4.15. The van der Waals surface area contributed by atoms with Crippen LogP contribution in [0.1, 0.15) is 0 Å². The topological polar surface area (TPSA) is 86.2 Å². The van der Waals surface area contributed by atoms with E-state index in [9.17, 15) is 4.79 Å². The Hall–Kier alpha value is -3.69. The molecule has 7 nitrogen and oxygen atoms in total. The zero-order valence-corrected chi connectivity index (χ0v) is 18.5. The number of aromatic nitrogens is 5. The predicted octanol–water partition coefficient (Wildman–Crippen LogP) is 5.58. The second-order valence-corrected chi connectivity index (χ2v) is 8.78. The highest BCUT2D eigenvalue weighted by Crippen LogP contribution is 2.32. The molecule has 0 aliphatic heterocycles. The van der Waals surface area contributed by atoms with Crippen molar-refractivity contribution in [2.24, 2.45) is 0 Å². The maximum atomic E-state index is 13.1. The first-order valence-corrected chi connectivity index (χ1v) is 11.3. The monoisotopic (exact) mass is 499 g/mol. The highest BCUT2D eigenvalue weighted by atomic mass is 79.9. The number of hydrogen-bond donors (Lipinski definition) is 0. The summed E-state index contributed by atoms with van der Waals surface area (Å²) in [6.07, 6.45) is 0. The summed E-state index contributed by atoms with van der Waals surface area (Å²) in [5.41, 5.74) is 4.91. The van der Waals surface area contributed by atoms with E-state index in [1.807, 2.05) is 65.1 Å². The smallest absolute Gasteiger partial charge is 0.347 e. The summed E-state index contributed by atoms with van der Waals surface area (Å²) in [6.45, 7) is 0. The summed E-state index contributed by atoms with van der Waals surface area (Å²) < 4.78 is 17.1. The first kappa shape index (κ1) is 17.9. The number of nitrogens with zero attached hydrogens (tertiary/aromatic N) is 5. The maximum absolute atomic E-state index is 13.1. The molecular formula is C23H10BrN5O2S. The molecule has 0 aliphatic carbocycles. The van der Waals surface area contributed by atoms with Gasteiger partial charge in [-0.15, -0.1) is 0 Å². The molecule has 3 aromatic carbocycles. The van der Waals surface area contributed by atoms with Crippen molar-refractivity contribution in [3.05, 3.63) is 75.6 Å². The van der Waals surface area contributed by atoms with Gasteiger partial charge in [0.25, 0.3) is 0 Å². The van der Waals surface area contributed by atoms with Gasteiger partial charge in [-0.25, -0.2) is 14.8 Å². The molecule has 9 heteroatoms. The number of rotatable bonds is 1. The van der Waals surface area contributed by atoms with Gasteiger partial charge in [-0.05, 0) is 52.3 Å². The predicted molar refractivity (Wildman–Crippen MR) is 128 cm³/mol. The maximum Gasteiger partial charge on any atom is 0.347 e. The van der Waals surface area contributed by atoms with Crippen LogP contribution in [0.15, 0.2) is 74.3 Å². The lowest BCUT2D eigenvalue weighted by Gasteiger charge is -2.09. The van der Waals surface area contributed by atoms with E-state index in [4.69, 9.17) is 14.4 Å². The minimum atomic E-state index is -0.466. The molecule has 152 valence electrons. The highest BCUT2D eigenvalue weighted by Gasteiger charge is 2.20. The molecule has 0 spiro atoms. The standard InChI is InChI=1S/C23H10BrN5O2S/c24-14-6-3-4-11-10-13(23(30)31-20(11)14)22-25-15-7-2-1-5-12(15)21-26-19-17(29(21)22)9-8-16-18(19)28-32-27-16/h1-10H. The Balaban J connectivity index is 1.71. The molecule has 0 fully saturated rings. The van der Waals surface area contributed by atoms with Crippen molar-refractivity contribution >= 4 is 77.2 Å². The van der Waals surface area contributed by atoms with E-state index < -0.39 is 5.63 Å². The van der Waals surface area contributed by atoms with Crippen molar-refractivity contribution in [1.82, 2.24) is 23.1 Å². The highest BCUT2D eigenvalue weighted by molar-refractivity contribution is 9.10. The van der Waals surface area contributed by atoms with Crippen molar-refractivity contribution in [2.45, 2.75) is 0 Å². The fraction of sp³-hybridized carbons (Fsp3) is 0. The number of hydrogen-bond acceptors (Lipinski definition) is 7. The molecule has 0 aliphatic rings.